The van der Waals surface area contributed by atoms with E-state index in [4.69, 9.17) is 10.5 Å². The number of rotatable bonds is 7. The average Bonchev–Trinajstić information content (AvgIpc) is 3.24. The fourth-order valence-electron chi connectivity index (χ4n) is 5.60. The van der Waals surface area contributed by atoms with Gasteiger partial charge in [0.15, 0.2) is 5.82 Å². The summed E-state index contributed by atoms with van der Waals surface area (Å²) in [6.07, 6.45) is 11.0. The van der Waals surface area contributed by atoms with Gasteiger partial charge in [-0.15, -0.1) is 5.10 Å². The van der Waals surface area contributed by atoms with Crippen molar-refractivity contribution in [3.8, 4) is 0 Å². The molecule has 5 rings (SSSR count). The van der Waals surface area contributed by atoms with E-state index in [0.717, 1.165) is 50.9 Å². The first kappa shape index (κ1) is 22.3. The maximum atomic E-state index is 6.40. The molecule has 0 unspecified atom stereocenters. The first-order valence-electron chi connectivity index (χ1n) is 12.4. The Morgan fingerprint density at radius 3 is 2.82 bits per heavy atom. The van der Waals surface area contributed by atoms with Crippen LogP contribution in [0.2, 0.25) is 0 Å². The van der Waals surface area contributed by atoms with Crippen LogP contribution < -0.4 is 10.6 Å². The number of ether oxygens (including phenoxy) is 1. The highest BCUT2D eigenvalue weighted by Gasteiger charge is 2.28. The van der Waals surface area contributed by atoms with Gasteiger partial charge in [0.1, 0.15) is 0 Å². The van der Waals surface area contributed by atoms with Gasteiger partial charge in [-0.1, -0.05) is 6.07 Å². The van der Waals surface area contributed by atoms with Crippen LogP contribution in [0.15, 0.2) is 42.7 Å². The van der Waals surface area contributed by atoms with Crippen LogP contribution in [0.1, 0.15) is 50.0 Å². The zero-order chi connectivity index (χ0) is 22.6. The topological polar surface area (TPSA) is 82.1 Å². The monoisotopic (exact) mass is 448 g/mol. The molecule has 1 aliphatic carbocycles. The third-order valence-electron chi connectivity index (χ3n) is 7.77. The molecule has 3 heterocycles. The van der Waals surface area contributed by atoms with Crippen molar-refractivity contribution in [3.63, 3.8) is 0 Å². The Labute approximate surface area is 196 Å². The number of fused-ring (bicyclic) bond motifs is 1. The summed E-state index contributed by atoms with van der Waals surface area (Å²) in [6.45, 7) is 3.41. The van der Waals surface area contributed by atoms with Gasteiger partial charge in [0.2, 0.25) is 0 Å². The van der Waals surface area contributed by atoms with E-state index < -0.39 is 0 Å². The van der Waals surface area contributed by atoms with Crippen LogP contribution in [-0.2, 0) is 11.8 Å². The van der Waals surface area contributed by atoms with Crippen LogP contribution in [-0.4, -0.2) is 52.3 Å². The van der Waals surface area contributed by atoms with Crippen molar-refractivity contribution < 1.29 is 4.74 Å². The van der Waals surface area contributed by atoms with E-state index in [1.165, 1.54) is 42.1 Å². The zero-order valence-corrected chi connectivity index (χ0v) is 19.6. The van der Waals surface area contributed by atoms with Gasteiger partial charge < -0.3 is 15.4 Å². The molecular weight excluding hydrogens is 412 g/mol. The molecule has 0 amide bonds. The summed E-state index contributed by atoms with van der Waals surface area (Å²) in [5.74, 6) is 2.74. The summed E-state index contributed by atoms with van der Waals surface area (Å²) >= 11 is 0. The van der Waals surface area contributed by atoms with Crippen molar-refractivity contribution in [1.82, 2.24) is 20.0 Å². The van der Waals surface area contributed by atoms with E-state index in [1.54, 1.807) is 6.20 Å². The fourth-order valence-corrected chi connectivity index (χ4v) is 5.60. The lowest BCUT2D eigenvalue weighted by atomic mass is 9.77. The van der Waals surface area contributed by atoms with E-state index in [-0.39, 0.29) is 6.04 Å². The van der Waals surface area contributed by atoms with Crippen LogP contribution >= 0.6 is 0 Å². The Kier molecular flexibility index (Phi) is 6.88. The SMILES string of the molecule is Cn1ncc2cc(C3CCC(CCOC[C@@H]4CN(c5cccnn5)CC[C@@H]4N)CC3)ccc21. The third kappa shape index (κ3) is 5.20. The minimum atomic E-state index is 0.200. The highest BCUT2D eigenvalue weighted by Crippen LogP contribution is 2.38. The van der Waals surface area contributed by atoms with Crippen LogP contribution in [0.3, 0.4) is 0 Å². The molecule has 0 bridgehead atoms. The van der Waals surface area contributed by atoms with Crippen molar-refractivity contribution in [1.29, 1.82) is 0 Å². The summed E-state index contributed by atoms with van der Waals surface area (Å²) in [4.78, 5) is 2.29. The highest BCUT2D eigenvalue weighted by molar-refractivity contribution is 5.79. The van der Waals surface area contributed by atoms with Crippen molar-refractivity contribution in [3.05, 3.63) is 48.3 Å². The maximum Gasteiger partial charge on any atom is 0.151 e. The smallest absolute Gasteiger partial charge is 0.151 e. The summed E-state index contributed by atoms with van der Waals surface area (Å²) < 4.78 is 8.09. The van der Waals surface area contributed by atoms with Crippen LogP contribution in [0, 0.1) is 11.8 Å². The molecule has 1 saturated heterocycles. The Balaban J connectivity index is 1.04. The van der Waals surface area contributed by atoms with Crippen LogP contribution in [0.5, 0.6) is 0 Å². The Hall–Kier alpha value is -2.51. The third-order valence-corrected chi connectivity index (χ3v) is 7.77. The molecule has 1 saturated carbocycles. The summed E-state index contributed by atoms with van der Waals surface area (Å²) in [7, 11) is 2.01. The summed E-state index contributed by atoms with van der Waals surface area (Å²) in [5, 5.41) is 13.9. The number of aromatic nitrogens is 4. The summed E-state index contributed by atoms with van der Waals surface area (Å²) in [6, 6.07) is 11.0. The van der Waals surface area contributed by atoms with Gasteiger partial charge in [-0.05, 0) is 80.2 Å². The summed E-state index contributed by atoms with van der Waals surface area (Å²) in [5.41, 5.74) is 9.09. The number of hydrogen-bond acceptors (Lipinski definition) is 6. The van der Waals surface area contributed by atoms with Gasteiger partial charge in [-0.3, -0.25) is 4.68 Å². The number of nitrogens with zero attached hydrogens (tertiary/aromatic N) is 5. The van der Waals surface area contributed by atoms with Crippen molar-refractivity contribution in [2.45, 2.75) is 50.5 Å². The number of anilines is 1. The molecule has 0 radical (unpaired) electrons. The number of piperidine rings is 1. The molecule has 7 nitrogen and oxygen atoms in total. The number of benzene rings is 1. The second kappa shape index (κ2) is 10.2. The number of hydrogen-bond donors (Lipinski definition) is 1. The van der Waals surface area contributed by atoms with E-state index in [9.17, 15) is 0 Å². The van der Waals surface area contributed by atoms with Gasteiger partial charge in [-0.25, -0.2) is 0 Å². The number of aryl methyl sites for hydroxylation is 1. The van der Waals surface area contributed by atoms with Crippen LogP contribution in [0.4, 0.5) is 5.82 Å². The molecule has 1 aliphatic heterocycles. The predicted molar refractivity (Wildman–Crippen MR) is 131 cm³/mol. The molecule has 176 valence electrons. The van der Waals surface area contributed by atoms with E-state index in [0.29, 0.717) is 11.8 Å². The van der Waals surface area contributed by atoms with Gasteiger partial charge in [0.05, 0.1) is 18.3 Å². The van der Waals surface area contributed by atoms with Crippen molar-refractivity contribution in [2.24, 2.45) is 24.6 Å². The lowest BCUT2D eigenvalue weighted by Gasteiger charge is -2.37. The van der Waals surface area contributed by atoms with Gasteiger partial charge in [0.25, 0.3) is 0 Å². The van der Waals surface area contributed by atoms with Gasteiger partial charge >= 0.3 is 0 Å². The molecule has 2 N–H and O–H groups in total. The second-order valence-electron chi connectivity index (χ2n) is 9.91. The number of nitrogens with two attached hydrogens (primary N) is 1. The first-order chi connectivity index (χ1) is 16.2. The highest BCUT2D eigenvalue weighted by atomic mass is 16.5. The Bertz CT molecular complexity index is 1030. The van der Waals surface area contributed by atoms with Crippen molar-refractivity contribution >= 4 is 16.7 Å². The molecule has 1 aromatic carbocycles. The molecule has 0 spiro atoms. The Morgan fingerprint density at radius 1 is 1.12 bits per heavy atom. The maximum absolute atomic E-state index is 6.40. The minimum absolute atomic E-state index is 0.200. The predicted octanol–water partition coefficient (Wildman–Crippen LogP) is 3.90. The largest absolute Gasteiger partial charge is 0.381 e. The molecule has 33 heavy (non-hydrogen) atoms. The Morgan fingerprint density at radius 2 is 2.00 bits per heavy atom. The zero-order valence-electron chi connectivity index (χ0n) is 19.6. The molecular formula is C26H36N6O. The van der Waals surface area contributed by atoms with Crippen molar-refractivity contribution in [2.75, 3.05) is 31.2 Å². The lowest BCUT2D eigenvalue weighted by Crippen LogP contribution is -2.49. The molecule has 2 aromatic heterocycles. The minimum Gasteiger partial charge on any atom is -0.381 e. The normalized spacial score (nSPS) is 26.1. The lowest BCUT2D eigenvalue weighted by molar-refractivity contribution is 0.0725. The average molecular weight is 449 g/mol. The quantitative estimate of drug-likeness (QED) is 0.552. The van der Waals surface area contributed by atoms with E-state index >= 15 is 0 Å². The van der Waals surface area contributed by atoms with Crippen LogP contribution in [0.25, 0.3) is 10.9 Å². The van der Waals surface area contributed by atoms with Gasteiger partial charge in [-0.2, -0.15) is 10.2 Å². The van der Waals surface area contributed by atoms with E-state index in [2.05, 4.69) is 38.4 Å². The molecule has 3 aromatic rings. The molecule has 7 heteroatoms. The van der Waals surface area contributed by atoms with Gasteiger partial charge in [0, 0.05) is 50.3 Å². The molecule has 2 atom stereocenters. The first-order valence-corrected chi connectivity index (χ1v) is 12.4. The molecule has 2 aliphatic rings. The standard InChI is InChI=1S/C26H36N6O/c1-31-25-9-8-21(15-22(25)16-29-31)20-6-4-19(5-7-20)11-14-33-18-23-17-32(13-10-24(23)27)26-3-2-12-28-30-26/h2-3,8-9,12,15-16,19-20,23-24H,4-7,10-11,13-14,17-18,27H2,1H3/t19?,20?,23-,24-/m0/s1. The second-order valence-corrected chi connectivity index (χ2v) is 9.91. The fraction of sp³-hybridized carbons (Fsp3) is 0.577. The molecule has 2 fully saturated rings. The van der Waals surface area contributed by atoms with E-state index in [1.807, 2.05) is 30.1 Å².